The summed E-state index contributed by atoms with van der Waals surface area (Å²) < 4.78 is 11.6. The molecule has 0 bridgehead atoms. The number of aliphatic hydroxyl groups excluding tert-OH is 2. The predicted octanol–water partition coefficient (Wildman–Crippen LogP) is 2.22. The van der Waals surface area contributed by atoms with Gasteiger partial charge < -0.3 is 24.5 Å². The molecule has 124 valence electrons. The van der Waals surface area contributed by atoms with Crippen molar-refractivity contribution in [1.82, 2.24) is 0 Å². The van der Waals surface area contributed by atoms with Crippen molar-refractivity contribution in [2.75, 3.05) is 0 Å². The lowest BCUT2D eigenvalue weighted by Gasteiger charge is -2.39. The van der Waals surface area contributed by atoms with E-state index < -0.39 is 17.8 Å². The third kappa shape index (κ3) is 1.87. The van der Waals surface area contributed by atoms with E-state index in [0.717, 1.165) is 0 Å². The van der Waals surface area contributed by atoms with E-state index in [1.54, 1.807) is 26.0 Å². The van der Waals surface area contributed by atoms with Gasteiger partial charge in [0, 0.05) is 5.56 Å². The molecular weight excluding hydrogens is 312 g/mol. The Morgan fingerprint density at radius 2 is 1.88 bits per heavy atom. The summed E-state index contributed by atoms with van der Waals surface area (Å²) in [6, 6.07) is 7.61. The van der Waals surface area contributed by atoms with Crippen LogP contribution < -0.4 is 10.2 Å². The average Bonchev–Trinajstić information content (AvgIpc) is 2.53. The van der Waals surface area contributed by atoms with Crippen molar-refractivity contribution in [1.29, 1.82) is 0 Å². The Morgan fingerprint density at radius 3 is 2.62 bits per heavy atom. The Balaban J connectivity index is 2.14. The summed E-state index contributed by atoms with van der Waals surface area (Å²) in [4.78, 5) is 12.7. The summed E-state index contributed by atoms with van der Waals surface area (Å²) in [7, 11) is 0. The summed E-state index contributed by atoms with van der Waals surface area (Å²) in [5.41, 5.74) is -0.656. The highest BCUT2D eigenvalue weighted by molar-refractivity contribution is 5.95. The van der Waals surface area contributed by atoms with Gasteiger partial charge in [-0.3, -0.25) is 4.79 Å². The summed E-state index contributed by atoms with van der Waals surface area (Å²) in [6.07, 6.45) is -2.27. The van der Waals surface area contributed by atoms with Gasteiger partial charge in [-0.25, -0.2) is 0 Å². The van der Waals surface area contributed by atoms with Crippen LogP contribution in [0.5, 0.6) is 11.5 Å². The Bertz CT molecular complexity index is 1030. The number of hydrogen-bond acceptors (Lipinski definition) is 6. The highest BCUT2D eigenvalue weighted by Gasteiger charge is 2.43. The van der Waals surface area contributed by atoms with E-state index in [1.165, 1.54) is 18.2 Å². The number of phenols is 1. The predicted molar refractivity (Wildman–Crippen MR) is 87.3 cm³/mol. The number of phenolic OH excluding ortho intramolecular Hbond substituents is 1. The van der Waals surface area contributed by atoms with Gasteiger partial charge in [0.15, 0.2) is 11.3 Å². The molecule has 0 saturated carbocycles. The monoisotopic (exact) mass is 328 g/mol. The fraction of sp³-hybridized carbons (Fsp3) is 0.278. The van der Waals surface area contributed by atoms with Gasteiger partial charge in [-0.05, 0) is 32.0 Å². The highest BCUT2D eigenvalue weighted by atomic mass is 16.5. The van der Waals surface area contributed by atoms with E-state index in [1.807, 2.05) is 0 Å². The molecule has 24 heavy (non-hydrogen) atoms. The van der Waals surface area contributed by atoms with E-state index in [4.69, 9.17) is 9.15 Å². The topological polar surface area (TPSA) is 100 Å². The van der Waals surface area contributed by atoms with Crippen molar-refractivity contribution in [2.24, 2.45) is 0 Å². The Kier molecular flexibility index (Phi) is 2.95. The molecule has 1 aromatic heterocycles. The molecule has 0 spiro atoms. The highest BCUT2D eigenvalue weighted by Crippen LogP contribution is 2.44. The van der Waals surface area contributed by atoms with Crippen molar-refractivity contribution < 1.29 is 24.5 Å². The average molecular weight is 328 g/mol. The second-order valence-electron chi connectivity index (χ2n) is 6.54. The summed E-state index contributed by atoms with van der Waals surface area (Å²) in [6.45, 7) is 3.29. The zero-order valence-corrected chi connectivity index (χ0v) is 13.1. The van der Waals surface area contributed by atoms with Crippen LogP contribution in [0.1, 0.15) is 25.5 Å². The summed E-state index contributed by atoms with van der Waals surface area (Å²) >= 11 is 0. The largest absolute Gasteiger partial charge is 0.507 e. The zero-order valence-electron chi connectivity index (χ0n) is 13.1. The second-order valence-corrected chi connectivity index (χ2v) is 6.54. The van der Waals surface area contributed by atoms with Gasteiger partial charge in [-0.2, -0.15) is 0 Å². The van der Waals surface area contributed by atoms with Crippen molar-refractivity contribution in [2.45, 2.75) is 31.7 Å². The molecule has 0 saturated heterocycles. The van der Waals surface area contributed by atoms with Crippen LogP contribution in [0.15, 0.2) is 39.5 Å². The molecule has 1 aliphatic heterocycles. The third-order valence-electron chi connectivity index (χ3n) is 4.53. The Morgan fingerprint density at radius 1 is 1.12 bits per heavy atom. The van der Waals surface area contributed by atoms with Gasteiger partial charge >= 0.3 is 0 Å². The lowest BCUT2D eigenvalue weighted by molar-refractivity contribution is -0.111. The molecule has 2 aromatic carbocycles. The van der Waals surface area contributed by atoms with Gasteiger partial charge in [0.25, 0.3) is 0 Å². The maximum atomic E-state index is 12.7. The molecule has 0 radical (unpaired) electrons. The van der Waals surface area contributed by atoms with Gasteiger partial charge in [-0.1, -0.05) is 12.1 Å². The number of fused-ring (bicyclic) bond motifs is 4. The normalized spacial score (nSPS) is 22.3. The fourth-order valence-electron chi connectivity index (χ4n) is 3.15. The minimum Gasteiger partial charge on any atom is -0.507 e. The minimum atomic E-state index is -1.15. The molecule has 4 rings (SSSR count). The van der Waals surface area contributed by atoms with Crippen molar-refractivity contribution in [3.05, 3.63) is 46.1 Å². The van der Waals surface area contributed by atoms with Crippen molar-refractivity contribution in [3.8, 4) is 11.5 Å². The molecule has 1 aliphatic rings. The maximum Gasteiger partial charge on any atom is 0.204 e. The van der Waals surface area contributed by atoms with Gasteiger partial charge in [-0.15, -0.1) is 0 Å². The van der Waals surface area contributed by atoms with Crippen LogP contribution in [0.25, 0.3) is 21.9 Å². The Hall–Kier alpha value is -2.57. The Labute approximate surface area is 136 Å². The summed E-state index contributed by atoms with van der Waals surface area (Å²) in [5.74, 6) is 0.0789. The third-order valence-corrected chi connectivity index (χ3v) is 4.53. The maximum absolute atomic E-state index is 12.7. The summed E-state index contributed by atoms with van der Waals surface area (Å²) in [5, 5.41) is 30.8. The zero-order chi connectivity index (χ0) is 17.2. The van der Waals surface area contributed by atoms with E-state index in [0.29, 0.717) is 5.56 Å². The first-order chi connectivity index (χ1) is 11.3. The lowest BCUT2D eigenvalue weighted by atomic mass is 9.88. The quantitative estimate of drug-likeness (QED) is 0.547. The van der Waals surface area contributed by atoms with Crippen LogP contribution in [0.3, 0.4) is 0 Å². The van der Waals surface area contributed by atoms with Crippen LogP contribution in [-0.4, -0.2) is 27.0 Å². The lowest BCUT2D eigenvalue weighted by Crippen LogP contribution is -2.48. The SMILES string of the molecule is CC1(C)Oc2c(ccc3c(=O)c4c(O)cccc4oc23)C(O)C1O. The number of benzene rings is 2. The molecule has 6 heteroatoms. The first-order valence-corrected chi connectivity index (χ1v) is 7.58. The number of ether oxygens (including phenoxy) is 1. The van der Waals surface area contributed by atoms with Crippen LogP contribution in [0.4, 0.5) is 0 Å². The molecule has 2 unspecified atom stereocenters. The number of aromatic hydroxyl groups is 1. The first kappa shape index (κ1) is 15.0. The molecule has 0 aliphatic carbocycles. The molecule has 0 amide bonds. The molecule has 2 atom stereocenters. The van der Waals surface area contributed by atoms with E-state index in [2.05, 4.69) is 0 Å². The van der Waals surface area contributed by atoms with E-state index in [-0.39, 0.29) is 38.9 Å². The second kappa shape index (κ2) is 4.72. The number of aliphatic hydroxyl groups is 2. The number of hydrogen-bond donors (Lipinski definition) is 3. The van der Waals surface area contributed by atoms with Crippen LogP contribution in [-0.2, 0) is 0 Å². The van der Waals surface area contributed by atoms with E-state index >= 15 is 0 Å². The van der Waals surface area contributed by atoms with Gasteiger partial charge in [0.1, 0.15) is 34.5 Å². The van der Waals surface area contributed by atoms with Gasteiger partial charge in [0.05, 0.1) is 5.39 Å². The standard InChI is InChI=1S/C18H16O6/c1-18(2)17(22)14(21)9-7-6-8-13(20)12-10(19)4-3-5-11(12)23-15(8)16(9)24-18/h3-7,14,17,19,21-22H,1-2H3. The molecule has 0 fully saturated rings. The minimum absolute atomic E-state index is 0.0978. The van der Waals surface area contributed by atoms with E-state index in [9.17, 15) is 20.1 Å². The van der Waals surface area contributed by atoms with Crippen LogP contribution >= 0.6 is 0 Å². The van der Waals surface area contributed by atoms with Crippen molar-refractivity contribution >= 4 is 21.9 Å². The number of rotatable bonds is 0. The molecule has 2 heterocycles. The fourth-order valence-corrected chi connectivity index (χ4v) is 3.15. The molecule has 3 aromatic rings. The molecule has 6 nitrogen and oxygen atoms in total. The molecular formula is C18H16O6. The first-order valence-electron chi connectivity index (χ1n) is 7.58. The van der Waals surface area contributed by atoms with Crippen LogP contribution in [0.2, 0.25) is 0 Å². The molecule has 3 N–H and O–H groups in total. The van der Waals surface area contributed by atoms with Gasteiger partial charge in [0.2, 0.25) is 5.43 Å². The van der Waals surface area contributed by atoms with Crippen molar-refractivity contribution in [3.63, 3.8) is 0 Å². The smallest absolute Gasteiger partial charge is 0.204 e. The van der Waals surface area contributed by atoms with Crippen LogP contribution in [0, 0.1) is 0 Å².